The van der Waals surface area contributed by atoms with Crippen LogP contribution in [0.5, 0.6) is 5.75 Å². The third-order valence-corrected chi connectivity index (χ3v) is 7.03. The Morgan fingerprint density at radius 1 is 1.11 bits per heavy atom. The second-order valence-electron chi connectivity index (χ2n) is 9.75. The lowest BCUT2D eigenvalue weighted by atomic mass is 9.92. The lowest BCUT2D eigenvalue weighted by Gasteiger charge is -2.28. The maximum atomic E-state index is 15.6. The number of aliphatic hydroxyl groups is 1. The highest BCUT2D eigenvalue weighted by Gasteiger charge is 2.25. The van der Waals surface area contributed by atoms with E-state index in [4.69, 9.17) is 4.74 Å². The molecule has 0 bridgehead atoms. The number of carbonyl (C=O) groups excluding carboxylic acids is 1. The van der Waals surface area contributed by atoms with Gasteiger partial charge in [0.2, 0.25) is 0 Å². The molecule has 1 amide bonds. The van der Waals surface area contributed by atoms with Gasteiger partial charge in [0.25, 0.3) is 5.91 Å². The molecule has 1 fully saturated rings. The molecule has 37 heavy (non-hydrogen) atoms. The minimum atomic E-state index is -0.493. The molecule has 1 saturated carbocycles. The molecule has 2 heterocycles. The quantitative estimate of drug-likeness (QED) is 0.326. The minimum Gasteiger partial charge on any atom is -0.496 e. The van der Waals surface area contributed by atoms with Crippen LogP contribution in [0.25, 0.3) is 33.3 Å². The van der Waals surface area contributed by atoms with Gasteiger partial charge in [0.05, 0.1) is 24.5 Å². The monoisotopic (exact) mass is 502 g/mol. The lowest BCUT2D eigenvalue weighted by Crippen LogP contribution is -2.30. The number of pyridine rings is 1. The third-order valence-electron chi connectivity index (χ3n) is 7.03. The lowest BCUT2D eigenvalue weighted by molar-refractivity contribution is 0.0827. The predicted molar refractivity (Wildman–Crippen MR) is 143 cm³/mol. The van der Waals surface area contributed by atoms with Crippen molar-refractivity contribution in [1.82, 2.24) is 14.9 Å². The summed E-state index contributed by atoms with van der Waals surface area (Å²) in [4.78, 5) is 22.3. The summed E-state index contributed by atoms with van der Waals surface area (Å²) in [7, 11) is 4.94. The van der Waals surface area contributed by atoms with E-state index >= 15 is 4.39 Å². The van der Waals surface area contributed by atoms with Crippen LogP contribution in [0.4, 0.5) is 10.1 Å². The molecule has 1 aliphatic carbocycles. The van der Waals surface area contributed by atoms with Crippen LogP contribution >= 0.6 is 0 Å². The predicted octanol–water partition coefficient (Wildman–Crippen LogP) is 5.46. The number of aliphatic hydroxyl groups excluding tert-OH is 1. The van der Waals surface area contributed by atoms with Crippen LogP contribution in [-0.2, 0) is 0 Å². The van der Waals surface area contributed by atoms with E-state index in [0.29, 0.717) is 29.6 Å². The first-order valence-corrected chi connectivity index (χ1v) is 12.5. The van der Waals surface area contributed by atoms with Crippen molar-refractivity contribution in [2.45, 2.75) is 37.8 Å². The smallest absolute Gasteiger partial charge is 0.255 e. The number of carbonyl (C=O) groups is 1. The van der Waals surface area contributed by atoms with E-state index in [9.17, 15) is 9.90 Å². The summed E-state index contributed by atoms with van der Waals surface area (Å²) in [6, 6.07) is 12.9. The fourth-order valence-electron chi connectivity index (χ4n) is 5.01. The number of hydrogen-bond acceptors (Lipinski definition) is 5. The first kappa shape index (κ1) is 24.8. The number of ether oxygens (including phenoxy) is 1. The first-order chi connectivity index (χ1) is 17.9. The SMILES string of the molecule is COc1ccccc1-c1c[nH]c2ncc(-c3cc(F)c(N[C@H]4CC[C@H](O)CC4)c(C(=O)N(C)C)c3)cc12. The van der Waals surface area contributed by atoms with Gasteiger partial charge in [-0.25, -0.2) is 9.37 Å². The Balaban J connectivity index is 1.58. The molecule has 7 nitrogen and oxygen atoms in total. The number of H-pyrrole nitrogens is 1. The molecule has 0 spiro atoms. The van der Waals surface area contributed by atoms with Gasteiger partial charge in [-0.2, -0.15) is 0 Å². The van der Waals surface area contributed by atoms with Crippen LogP contribution in [0.2, 0.25) is 0 Å². The number of rotatable bonds is 6. The number of para-hydroxylation sites is 1. The van der Waals surface area contributed by atoms with Gasteiger partial charge in [0.1, 0.15) is 17.2 Å². The van der Waals surface area contributed by atoms with Gasteiger partial charge >= 0.3 is 0 Å². The van der Waals surface area contributed by atoms with E-state index in [1.54, 1.807) is 33.5 Å². The highest BCUT2D eigenvalue weighted by Crippen LogP contribution is 2.37. The Hall–Kier alpha value is -3.91. The van der Waals surface area contributed by atoms with Gasteiger partial charge < -0.3 is 25.0 Å². The summed E-state index contributed by atoms with van der Waals surface area (Å²) in [6.45, 7) is 0. The summed E-state index contributed by atoms with van der Waals surface area (Å²) in [5.41, 5.74) is 4.27. The number of methoxy groups -OCH3 is 1. The van der Waals surface area contributed by atoms with E-state index in [1.807, 2.05) is 36.5 Å². The van der Waals surface area contributed by atoms with Gasteiger partial charge in [0, 0.05) is 54.6 Å². The number of halogens is 1. The molecule has 2 aromatic carbocycles. The van der Waals surface area contributed by atoms with E-state index in [1.165, 1.54) is 11.0 Å². The Morgan fingerprint density at radius 2 is 1.86 bits per heavy atom. The molecule has 4 aromatic rings. The summed E-state index contributed by atoms with van der Waals surface area (Å²) in [5.74, 6) is -0.0400. The summed E-state index contributed by atoms with van der Waals surface area (Å²) >= 11 is 0. The normalized spacial score (nSPS) is 17.5. The van der Waals surface area contributed by atoms with Crippen LogP contribution in [0, 0.1) is 5.82 Å². The van der Waals surface area contributed by atoms with Crippen molar-refractivity contribution in [3.05, 3.63) is 66.2 Å². The van der Waals surface area contributed by atoms with Crippen LogP contribution in [-0.4, -0.2) is 59.2 Å². The Morgan fingerprint density at radius 3 is 2.59 bits per heavy atom. The molecular weight excluding hydrogens is 471 g/mol. The zero-order valence-electron chi connectivity index (χ0n) is 21.2. The third kappa shape index (κ3) is 4.89. The number of aromatic amines is 1. The van der Waals surface area contributed by atoms with Gasteiger partial charge in [-0.15, -0.1) is 0 Å². The average molecular weight is 503 g/mol. The summed E-state index contributed by atoms with van der Waals surface area (Å²) in [5, 5.41) is 13.9. The van der Waals surface area contributed by atoms with Crippen LogP contribution in [0.1, 0.15) is 36.0 Å². The number of benzene rings is 2. The second kappa shape index (κ2) is 10.2. The zero-order chi connectivity index (χ0) is 26.1. The number of nitrogens with zero attached hydrogens (tertiary/aromatic N) is 2. The zero-order valence-corrected chi connectivity index (χ0v) is 21.2. The standard InChI is InChI=1S/C29H31FN4O3/c1-34(2)29(36)23-12-17(14-25(30)27(23)33-19-8-10-20(35)11-9-19)18-13-22-24(16-32-28(22)31-15-18)21-6-4-5-7-26(21)37-3/h4-7,12-16,19-20,33,35H,8-11H2,1-3H3,(H,31,32)/t19-,20-. The van der Waals surface area contributed by atoms with E-state index in [0.717, 1.165) is 35.1 Å². The molecule has 5 rings (SSSR count). The molecule has 192 valence electrons. The van der Waals surface area contributed by atoms with Crippen molar-refractivity contribution < 1.29 is 19.0 Å². The molecule has 0 radical (unpaired) electrons. The maximum absolute atomic E-state index is 15.6. The Bertz CT molecular complexity index is 1440. The number of fused-ring (bicyclic) bond motifs is 1. The molecule has 8 heteroatoms. The highest BCUT2D eigenvalue weighted by atomic mass is 19.1. The van der Waals surface area contributed by atoms with Gasteiger partial charge in [-0.3, -0.25) is 4.79 Å². The van der Waals surface area contributed by atoms with Crippen LogP contribution in [0.15, 0.2) is 54.9 Å². The first-order valence-electron chi connectivity index (χ1n) is 12.5. The second-order valence-corrected chi connectivity index (χ2v) is 9.75. The number of aromatic nitrogens is 2. The molecule has 0 aliphatic heterocycles. The van der Waals surface area contributed by atoms with Crippen molar-refractivity contribution in [3.63, 3.8) is 0 Å². The number of anilines is 1. The van der Waals surface area contributed by atoms with Crippen molar-refractivity contribution in [3.8, 4) is 28.0 Å². The van der Waals surface area contributed by atoms with Crippen molar-refractivity contribution >= 4 is 22.6 Å². The number of nitrogens with one attached hydrogen (secondary N) is 2. The average Bonchev–Trinajstić information content (AvgIpc) is 3.33. The van der Waals surface area contributed by atoms with E-state index in [2.05, 4.69) is 15.3 Å². The van der Waals surface area contributed by atoms with Gasteiger partial charge in [-0.05, 0) is 55.5 Å². The van der Waals surface area contributed by atoms with Crippen molar-refractivity contribution in [2.24, 2.45) is 0 Å². The molecule has 3 N–H and O–H groups in total. The molecule has 1 aliphatic rings. The minimum absolute atomic E-state index is 0.00116. The number of hydrogen-bond donors (Lipinski definition) is 3. The molecule has 0 saturated heterocycles. The molecular formula is C29H31FN4O3. The van der Waals surface area contributed by atoms with Crippen LogP contribution < -0.4 is 10.1 Å². The van der Waals surface area contributed by atoms with Gasteiger partial charge in [-0.1, -0.05) is 18.2 Å². The summed E-state index contributed by atoms with van der Waals surface area (Å²) < 4.78 is 21.2. The Kier molecular flexibility index (Phi) is 6.84. The Labute approximate surface area is 215 Å². The van der Waals surface area contributed by atoms with Crippen LogP contribution in [0.3, 0.4) is 0 Å². The van der Waals surface area contributed by atoms with Crippen molar-refractivity contribution in [2.75, 3.05) is 26.5 Å². The molecule has 0 atom stereocenters. The highest BCUT2D eigenvalue weighted by molar-refractivity contribution is 6.02. The summed E-state index contributed by atoms with van der Waals surface area (Å²) in [6.07, 6.45) is 6.00. The fourth-order valence-corrected chi connectivity index (χ4v) is 5.01. The largest absolute Gasteiger partial charge is 0.496 e. The molecule has 2 aromatic heterocycles. The van der Waals surface area contributed by atoms with Crippen molar-refractivity contribution in [1.29, 1.82) is 0 Å². The van der Waals surface area contributed by atoms with E-state index < -0.39 is 5.82 Å². The fraction of sp³-hybridized carbons (Fsp3) is 0.310. The van der Waals surface area contributed by atoms with E-state index in [-0.39, 0.29) is 29.3 Å². The molecule has 0 unspecified atom stereocenters. The topological polar surface area (TPSA) is 90.5 Å². The van der Waals surface area contributed by atoms with Gasteiger partial charge in [0.15, 0.2) is 0 Å². The number of amides is 1. The maximum Gasteiger partial charge on any atom is 0.255 e.